The van der Waals surface area contributed by atoms with Crippen LogP contribution in [0.5, 0.6) is 11.6 Å². The van der Waals surface area contributed by atoms with Gasteiger partial charge in [0.15, 0.2) is 6.29 Å². The van der Waals surface area contributed by atoms with Crippen LogP contribution < -0.4 is 4.74 Å². The molecule has 0 saturated heterocycles. The molecule has 4 nitrogen and oxygen atoms in total. The average Bonchev–Trinajstić information content (AvgIpc) is 2.63. The van der Waals surface area contributed by atoms with Crippen molar-refractivity contribution in [2.75, 3.05) is 0 Å². The summed E-state index contributed by atoms with van der Waals surface area (Å²) in [5.74, 6) is 1.17. The summed E-state index contributed by atoms with van der Waals surface area (Å²) in [6.07, 6.45) is 0.779. The maximum absolute atomic E-state index is 11.1. The van der Waals surface area contributed by atoms with Gasteiger partial charge in [0.2, 0.25) is 5.88 Å². The minimum atomic E-state index is 0.107. The van der Waals surface area contributed by atoms with Crippen molar-refractivity contribution in [1.82, 2.24) is 9.78 Å². The van der Waals surface area contributed by atoms with Crippen LogP contribution in [0.4, 0.5) is 0 Å². The van der Waals surface area contributed by atoms with E-state index in [-0.39, 0.29) is 5.41 Å². The number of ether oxygens (including phenoxy) is 1. The highest BCUT2D eigenvalue weighted by atomic mass is 16.5. The van der Waals surface area contributed by atoms with E-state index in [4.69, 9.17) is 4.74 Å². The molecule has 0 saturated carbocycles. The van der Waals surface area contributed by atoms with Crippen molar-refractivity contribution in [3.8, 4) is 11.6 Å². The molecule has 0 spiro atoms. The summed E-state index contributed by atoms with van der Waals surface area (Å²) in [4.78, 5) is 11.1. The Kier molecular flexibility index (Phi) is 3.66. The van der Waals surface area contributed by atoms with Crippen molar-refractivity contribution in [2.45, 2.75) is 33.1 Å². The van der Waals surface area contributed by atoms with Gasteiger partial charge in [-0.3, -0.25) is 4.79 Å². The van der Waals surface area contributed by atoms with Gasteiger partial charge < -0.3 is 4.74 Å². The lowest BCUT2D eigenvalue weighted by molar-refractivity contribution is 0.112. The fourth-order valence-corrected chi connectivity index (χ4v) is 2.04. The minimum Gasteiger partial charge on any atom is -0.439 e. The Bertz CT molecular complexity index is 619. The predicted octanol–water partition coefficient (Wildman–Crippen LogP) is 3.63. The first kappa shape index (κ1) is 14.3. The van der Waals surface area contributed by atoms with E-state index in [1.165, 1.54) is 5.56 Å². The van der Waals surface area contributed by atoms with E-state index in [9.17, 15) is 4.79 Å². The summed E-state index contributed by atoms with van der Waals surface area (Å²) in [6, 6.07) is 7.91. The fourth-order valence-electron chi connectivity index (χ4n) is 2.04. The van der Waals surface area contributed by atoms with Crippen LogP contribution in [0.25, 0.3) is 0 Å². The summed E-state index contributed by atoms with van der Waals surface area (Å²) >= 11 is 0. The van der Waals surface area contributed by atoms with Crippen LogP contribution in [0.15, 0.2) is 24.3 Å². The molecule has 0 unspecified atom stereocenters. The Morgan fingerprint density at radius 1 is 1.20 bits per heavy atom. The Hall–Kier alpha value is -2.10. The lowest BCUT2D eigenvalue weighted by Crippen LogP contribution is -2.10. The summed E-state index contributed by atoms with van der Waals surface area (Å²) in [5, 5.41) is 4.20. The Balaban J connectivity index is 2.29. The summed E-state index contributed by atoms with van der Waals surface area (Å²) < 4.78 is 7.37. The summed E-state index contributed by atoms with van der Waals surface area (Å²) in [6.45, 7) is 8.28. The highest BCUT2D eigenvalue weighted by molar-refractivity contribution is 5.80. The van der Waals surface area contributed by atoms with Gasteiger partial charge in [-0.1, -0.05) is 32.9 Å². The van der Waals surface area contributed by atoms with Gasteiger partial charge in [-0.25, -0.2) is 4.68 Å². The molecule has 20 heavy (non-hydrogen) atoms. The van der Waals surface area contributed by atoms with Crippen LogP contribution in [0.2, 0.25) is 0 Å². The minimum absolute atomic E-state index is 0.107. The van der Waals surface area contributed by atoms with E-state index < -0.39 is 0 Å². The van der Waals surface area contributed by atoms with Crippen molar-refractivity contribution >= 4 is 6.29 Å². The molecular formula is C16H20N2O2. The highest BCUT2D eigenvalue weighted by Gasteiger charge is 2.16. The van der Waals surface area contributed by atoms with Gasteiger partial charge in [0.05, 0.1) is 11.3 Å². The molecule has 1 aromatic carbocycles. The second-order valence-electron chi connectivity index (χ2n) is 5.92. The molecule has 0 amide bonds. The Labute approximate surface area is 119 Å². The SMILES string of the molecule is Cc1nn(C)c(Oc2ccc(C(C)(C)C)cc2)c1C=O. The molecule has 4 heteroatoms. The third-order valence-corrected chi connectivity index (χ3v) is 3.27. The largest absolute Gasteiger partial charge is 0.439 e. The molecule has 0 radical (unpaired) electrons. The molecule has 0 aliphatic rings. The first-order valence-corrected chi connectivity index (χ1v) is 6.60. The second kappa shape index (κ2) is 5.12. The summed E-state index contributed by atoms with van der Waals surface area (Å²) in [5.41, 5.74) is 2.51. The van der Waals surface area contributed by atoms with Crippen molar-refractivity contribution in [1.29, 1.82) is 0 Å². The maximum Gasteiger partial charge on any atom is 0.228 e. The third-order valence-electron chi connectivity index (χ3n) is 3.27. The molecule has 106 valence electrons. The zero-order chi connectivity index (χ0) is 14.9. The van der Waals surface area contributed by atoms with Crippen LogP contribution in [0, 0.1) is 6.92 Å². The average molecular weight is 272 g/mol. The predicted molar refractivity (Wildman–Crippen MR) is 78.5 cm³/mol. The fraction of sp³-hybridized carbons (Fsp3) is 0.375. The van der Waals surface area contributed by atoms with Gasteiger partial charge in [-0.2, -0.15) is 5.10 Å². The zero-order valence-corrected chi connectivity index (χ0v) is 12.6. The number of benzene rings is 1. The number of nitrogens with zero attached hydrogens (tertiary/aromatic N) is 2. The number of aldehydes is 1. The Morgan fingerprint density at radius 2 is 1.80 bits per heavy atom. The monoisotopic (exact) mass is 272 g/mol. The quantitative estimate of drug-likeness (QED) is 0.801. The molecule has 2 rings (SSSR count). The van der Waals surface area contributed by atoms with Crippen molar-refractivity contribution in [3.63, 3.8) is 0 Å². The van der Waals surface area contributed by atoms with Crippen LogP contribution in [-0.2, 0) is 12.5 Å². The molecule has 0 atom stereocenters. The smallest absolute Gasteiger partial charge is 0.228 e. The molecule has 0 fully saturated rings. The third kappa shape index (κ3) is 2.74. The van der Waals surface area contributed by atoms with E-state index in [1.807, 2.05) is 24.3 Å². The van der Waals surface area contributed by atoms with Crippen LogP contribution in [0.3, 0.4) is 0 Å². The van der Waals surface area contributed by atoms with Gasteiger partial charge in [-0.05, 0) is 30.0 Å². The molecule has 0 N–H and O–H groups in total. The van der Waals surface area contributed by atoms with Crippen molar-refractivity contribution in [3.05, 3.63) is 41.1 Å². The topological polar surface area (TPSA) is 44.1 Å². The van der Waals surface area contributed by atoms with E-state index in [0.717, 1.165) is 6.29 Å². The van der Waals surface area contributed by atoms with E-state index >= 15 is 0 Å². The number of rotatable bonds is 3. The van der Waals surface area contributed by atoms with Crippen LogP contribution in [0.1, 0.15) is 42.4 Å². The molecule has 0 aliphatic heterocycles. The van der Waals surface area contributed by atoms with Gasteiger partial charge in [0.1, 0.15) is 5.75 Å². The molecule has 1 heterocycles. The number of carbonyl (C=O) groups is 1. The number of hydrogen-bond donors (Lipinski definition) is 0. The lowest BCUT2D eigenvalue weighted by Gasteiger charge is -2.19. The lowest BCUT2D eigenvalue weighted by atomic mass is 9.87. The van der Waals surface area contributed by atoms with Crippen LogP contribution >= 0.6 is 0 Å². The van der Waals surface area contributed by atoms with E-state index in [0.29, 0.717) is 22.9 Å². The summed E-state index contributed by atoms with van der Waals surface area (Å²) in [7, 11) is 1.76. The maximum atomic E-state index is 11.1. The molecule has 0 aliphatic carbocycles. The number of aromatic nitrogens is 2. The van der Waals surface area contributed by atoms with Gasteiger partial charge in [-0.15, -0.1) is 0 Å². The molecular weight excluding hydrogens is 252 g/mol. The van der Waals surface area contributed by atoms with Gasteiger partial charge in [0.25, 0.3) is 0 Å². The Morgan fingerprint density at radius 3 is 2.30 bits per heavy atom. The molecule has 1 aromatic heterocycles. The number of aryl methyl sites for hydroxylation is 2. The molecule has 0 bridgehead atoms. The number of hydrogen-bond acceptors (Lipinski definition) is 3. The van der Waals surface area contributed by atoms with Gasteiger partial charge in [0, 0.05) is 7.05 Å². The first-order chi connectivity index (χ1) is 9.32. The second-order valence-corrected chi connectivity index (χ2v) is 5.92. The van der Waals surface area contributed by atoms with Crippen molar-refractivity contribution in [2.24, 2.45) is 7.05 Å². The van der Waals surface area contributed by atoms with E-state index in [1.54, 1.807) is 18.7 Å². The molecule has 2 aromatic rings. The number of carbonyl (C=O) groups excluding carboxylic acids is 1. The van der Waals surface area contributed by atoms with E-state index in [2.05, 4.69) is 25.9 Å². The first-order valence-electron chi connectivity index (χ1n) is 6.60. The highest BCUT2D eigenvalue weighted by Crippen LogP contribution is 2.28. The normalized spacial score (nSPS) is 11.4. The standard InChI is InChI=1S/C16H20N2O2/c1-11-14(10-19)15(18(5)17-11)20-13-8-6-12(7-9-13)16(2,3)4/h6-10H,1-5H3. The zero-order valence-electron chi connectivity index (χ0n) is 12.6. The van der Waals surface area contributed by atoms with Crippen molar-refractivity contribution < 1.29 is 9.53 Å². The van der Waals surface area contributed by atoms with Gasteiger partial charge >= 0.3 is 0 Å². The van der Waals surface area contributed by atoms with Crippen LogP contribution in [-0.4, -0.2) is 16.1 Å².